The molecule has 7 atom stereocenters. The standard InChI is InChI=1S/C26H36N2O5S/c1-7-33-25(32)20-19-11-16(6)26(34-19)21(20)24(31)28(18(12-29)13(2)3)22(26)23(30)27-17-10-14(4)8-9-15(17)5/h8-10,13,16,18-22,29H,7,11-12H2,1-6H3,(H,27,30)/t16?,18-,19+,20-,21-,22?,26?/m0/s1. The van der Waals surface area contributed by atoms with Gasteiger partial charge >= 0.3 is 5.97 Å². The number of likely N-dealkylation sites (tertiary alicyclic amines) is 1. The number of thioether (sulfide) groups is 1. The Labute approximate surface area is 206 Å². The molecule has 2 bridgehead atoms. The molecular formula is C26H36N2O5S. The highest BCUT2D eigenvalue weighted by Gasteiger charge is 2.77. The van der Waals surface area contributed by atoms with E-state index in [1.165, 1.54) is 0 Å². The zero-order chi connectivity index (χ0) is 24.9. The number of nitrogens with one attached hydrogen (secondary N) is 1. The highest BCUT2D eigenvalue weighted by Crippen LogP contribution is 2.69. The van der Waals surface area contributed by atoms with E-state index in [0.717, 1.165) is 23.2 Å². The number of aryl methyl sites for hydroxylation is 2. The van der Waals surface area contributed by atoms with Gasteiger partial charge in [0.1, 0.15) is 6.04 Å². The van der Waals surface area contributed by atoms with Crippen molar-refractivity contribution in [3.8, 4) is 0 Å². The highest BCUT2D eigenvalue weighted by atomic mass is 32.2. The second kappa shape index (κ2) is 9.19. The summed E-state index contributed by atoms with van der Waals surface area (Å²) < 4.78 is 4.65. The maximum absolute atomic E-state index is 14.0. The van der Waals surface area contributed by atoms with Crippen LogP contribution in [0, 0.1) is 37.5 Å². The minimum absolute atomic E-state index is 0.0483. The molecule has 8 heteroatoms. The summed E-state index contributed by atoms with van der Waals surface area (Å²) in [5.74, 6) is -2.02. The van der Waals surface area contributed by atoms with Crippen molar-refractivity contribution in [2.75, 3.05) is 18.5 Å². The van der Waals surface area contributed by atoms with Gasteiger partial charge in [0.25, 0.3) is 0 Å². The van der Waals surface area contributed by atoms with E-state index < -0.39 is 28.7 Å². The van der Waals surface area contributed by atoms with Gasteiger partial charge in [-0.15, -0.1) is 11.8 Å². The van der Waals surface area contributed by atoms with E-state index in [1.54, 1.807) is 23.6 Å². The molecule has 0 radical (unpaired) electrons. The fourth-order valence-corrected chi connectivity index (χ4v) is 8.71. The van der Waals surface area contributed by atoms with E-state index >= 15 is 0 Å². The summed E-state index contributed by atoms with van der Waals surface area (Å²) in [4.78, 5) is 42.7. The first kappa shape index (κ1) is 25.0. The molecule has 34 heavy (non-hydrogen) atoms. The molecule has 0 aromatic heterocycles. The first-order chi connectivity index (χ1) is 16.1. The molecule has 1 spiro atoms. The van der Waals surface area contributed by atoms with Crippen LogP contribution in [0.2, 0.25) is 0 Å². The number of carbonyl (C=O) groups excluding carboxylic acids is 3. The van der Waals surface area contributed by atoms with E-state index in [9.17, 15) is 19.5 Å². The lowest BCUT2D eigenvalue weighted by molar-refractivity contribution is -0.154. The van der Waals surface area contributed by atoms with Crippen LogP contribution in [0.5, 0.6) is 0 Å². The van der Waals surface area contributed by atoms with Crippen LogP contribution < -0.4 is 5.32 Å². The molecule has 3 fully saturated rings. The van der Waals surface area contributed by atoms with Crippen molar-refractivity contribution in [3.63, 3.8) is 0 Å². The molecule has 0 aliphatic carbocycles. The van der Waals surface area contributed by atoms with Gasteiger partial charge in [-0.2, -0.15) is 0 Å². The molecule has 186 valence electrons. The van der Waals surface area contributed by atoms with E-state index in [4.69, 9.17) is 4.74 Å². The number of aliphatic hydroxyl groups excluding tert-OH is 1. The van der Waals surface area contributed by atoms with Crippen molar-refractivity contribution in [2.24, 2.45) is 23.7 Å². The van der Waals surface area contributed by atoms with Crippen molar-refractivity contribution < 1.29 is 24.2 Å². The molecule has 3 aliphatic rings. The predicted molar refractivity (Wildman–Crippen MR) is 132 cm³/mol. The summed E-state index contributed by atoms with van der Waals surface area (Å²) in [6.07, 6.45) is 0.754. The summed E-state index contributed by atoms with van der Waals surface area (Å²) in [5, 5.41) is 13.3. The number of ether oxygens (including phenoxy) is 1. The van der Waals surface area contributed by atoms with Gasteiger partial charge < -0.3 is 20.1 Å². The molecule has 2 amide bonds. The van der Waals surface area contributed by atoms with Crippen LogP contribution in [-0.4, -0.2) is 63.1 Å². The number of hydrogen-bond donors (Lipinski definition) is 2. The predicted octanol–water partition coefficient (Wildman–Crippen LogP) is 3.16. The molecule has 3 aliphatic heterocycles. The van der Waals surface area contributed by atoms with Gasteiger partial charge in [-0.05, 0) is 56.2 Å². The molecule has 7 nitrogen and oxygen atoms in total. The fraction of sp³-hybridized carbons (Fsp3) is 0.654. The maximum atomic E-state index is 14.0. The summed E-state index contributed by atoms with van der Waals surface area (Å²) in [5.41, 5.74) is 2.68. The van der Waals surface area contributed by atoms with Crippen molar-refractivity contribution in [3.05, 3.63) is 29.3 Å². The topological polar surface area (TPSA) is 95.9 Å². The molecule has 3 saturated heterocycles. The number of fused-ring (bicyclic) bond motifs is 1. The number of aliphatic hydroxyl groups is 1. The second-order valence-corrected chi connectivity index (χ2v) is 11.9. The molecule has 0 saturated carbocycles. The maximum Gasteiger partial charge on any atom is 0.310 e. The van der Waals surface area contributed by atoms with Crippen molar-refractivity contribution >= 4 is 35.2 Å². The molecule has 1 aromatic rings. The van der Waals surface area contributed by atoms with E-state index in [1.807, 2.05) is 45.9 Å². The number of carbonyl (C=O) groups is 3. The van der Waals surface area contributed by atoms with Gasteiger partial charge in [0.15, 0.2) is 0 Å². The minimum atomic E-state index is -0.783. The molecule has 3 heterocycles. The summed E-state index contributed by atoms with van der Waals surface area (Å²) >= 11 is 1.62. The Balaban J connectivity index is 1.81. The third-order valence-corrected chi connectivity index (χ3v) is 10.0. The third-order valence-electron chi connectivity index (χ3n) is 7.96. The van der Waals surface area contributed by atoms with Crippen LogP contribution in [0.25, 0.3) is 0 Å². The Hall–Kier alpha value is -2.06. The zero-order valence-corrected chi connectivity index (χ0v) is 21.6. The normalized spacial score (nSPS) is 32.8. The fourth-order valence-electron chi connectivity index (χ4n) is 6.31. The van der Waals surface area contributed by atoms with Crippen LogP contribution in [0.15, 0.2) is 18.2 Å². The van der Waals surface area contributed by atoms with Crippen LogP contribution in [0.1, 0.15) is 45.2 Å². The Kier molecular flexibility index (Phi) is 6.77. The molecule has 2 N–H and O–H groups in total. The summed E-state index contributed by atoms with van der Waals surface area (Å²) in [6, 6.07) is 4.58. The average molecular weight is 489 g/mol. The molecular weight excluding hydrogens is 452 g/mol. The monoisotopic (exact) mass is 488 g/mol. The largest absolute Gasteiger partial charge is 0.466 e. The Morgan fingerprint density at radius 2 is 2.03 bits per heavy atom. The van der Waals surface area contributed by atoms with Gasteiger partial charge in [-0.1, -0.05) is 32.9 Å². The second-order valence-electron chi connectivity index (χ2n) is 10.4. The smallest absolute Gasteiger partial charge is 0.310 e. The lowest BCUT2D eigenvalue weighted by Gasteiger charge is -2.40. The van der Waals surface area contributed by atoms with Crippen LogP contribution in [-0.2, 0) is 19.1 Å². The zero-order valence-electron chi connectivity index (χ0n) is 20.8. The van der Waals surface area contributed by atoms with E-state index in [-0.39, 0.29) is 48.1 Å². The number of rotatable bonds is 7. The van der Waals surface area contributed by atoms with Gasteiger partial charge in [-0.3, -0.25) is 14.4 Å². The molecule has 3 unspecified atom stereocenters. The Morgan fingerprint density at radius 3 is 2.65 bits per heavy atom. The van der Waals surface area contributed by atoms with Gasteiger partial charge in [0.2, 0.25) is 11.8 Å². The Morgan fingerprint density at radius 1 is 1.32 bits per heavy atom. The Bertz CT molecular complexity index is 997. The van der Waals surface area contributed by atoms with Crippen molar-refractivity contribution in [1.82, 2.24) is 4.90 Å². The first-order valence-corrected chi connectivity index (χ1v) is 13.1. The number of hydrogen-bond acceptors (Lipinski definition) is 6. The van der Waals surface area contributed by atoms with Crippen molar-refractivity contribution in [1.29, 1.82) is 0 Å². The number of benzene rings is 1. The van der Waals surface area contributed by atoms with Crippen LogP contribution in [0.3, 0.4) is 0 Å². The highest BCUT2D eigenvalue weighted by molar-refractivity contribution is 8.02. The first-order valence-electron chi connectivity index (χ1n) is 12.2. The quantitative estimate of drug-likeness (QED) is 0.573. The lowest BCUT2D eigenvalue weighted by Crippen LogP contribution is -2.57. The third kappa shape index (κ3) is 3.65. The van der Waals surface area contributed by atoms with E-state index in [2.05, 4.69) is 12.2 Å². The number of anilines is 1. The van der Waals surface area contributed by atoms with Crippen LogP contribution >= 0.6 is 11.8 Å². The van der Waals surface area contributed by atoms with Gasteiger partial charge in [-0.25, -0.2) is 0 Å². The van der Waals surface area contributed by atoms with Gasteiger partial charge in [0, 0.05) is 10.9 Å². The number of amides is 2. The van der Waals surface area contributed by atoms with Crippen molar-refractivity contribution in [2.45, 2.75) is 70.0 Å². The lowest BCUT2D eigenvalue weighted by atomic mass is 9.66. The number of esters is 1. The van der Waals surface area contributed by atoms with Crippen LogP contribution in [0.4, 0.5) is 5.69 Å². The average Bonchev–Trinajstić information content (AvgIpc) is 3.35. The minimum Gasteiger partial charge on any atom is -0.466 e. The van der Waals surface area contributed by atoms with Gasteiger partial charge in [0.05, 0.1) is 35.8 Å². The van der Waals surface area contributed by atoms with E-state index in [0.29, 0.717) is 0 Å². The summed E-state index contributed by atoms with van der Waals surface area (Å²) in [6.45, 7) is 11.6. The summed E-state index contributed by atoms with van der Waals surface area (Å²) in [7, 11) is 0. The molecule has 4 rings (SSSR count). The number of nitrogens with zero attached hydrogens (tertiary/aromatic N) is 1. The molecule has 1 aromatic carbocycles. The SMILES string of the molecule is CCOC(=O)[C@@H]1[C@H]2C(=O)N([C@@H](CO)C(C)C)C(C(=O)Nc3cc(C)ccc3C)C23S[C@@H]1CC3C.